The normalized spacial score (nSPS) is 17.4. The lowest BCUT2D eigenvalue weighted by Gasteiger charge is -2.28. The van der Waals surface area contributed by atoms with Crippen molar-refractivity contribution in [1.82, 2.24) is 25.0 Å². The minimum absolute atomic E-state index is 0.0435. The van der Waals surface area contributed by atoms with Crippen molar-refractivity contribution in [2.45, 2.75) is 32.4 Å². The molecule has 3 aromatic rings. The highest BCUT2D eigenvalue weighted by atomic mass is 32.1. The van der Waals surface area contributed by atoms with Crippen LogP contribution in [0, 0.1) is 6.92 Å². The van der Waals surface area contributed by atoms with Gasteiger partial charge in [-0.2, -0.15) is 4.98 Å². The van der Waals surface area contributed by atoms with Gasteiger partial charge < -0.3 is 14.3 Å². The summed E-state index contributed by atoms with van der Waals surface area (Å²) in [7, 11) is 1.77. The third kappa shape index (κ3) is 2.95. The number of carbonyl (C=O) groups is 1. The fraction of sp³-hybridized carbons (Fsp3) is 0.438. The molecule has 1 saturated heterocycles. The monoisotopic (exact) mass is 358 g/mol. The number of hydrogen-bond donors (Lipinski definition) is 0. The zero-order chi connectivity index (χ0) is 17.4. The lowest BCUT2D eigenvalue weighted by molar-refractivity contribution is -0.131. The van der Waals surface area contributed by atoms with Crippen molar-refractivity contribution in [3.63, 3.8) is 0 Å². The first-order chi connectivity index (χ1) is 12.1. The molecular formula is C16H18N6O2S. The van der Waals surface area contributed by atoms with Crippen LogP contribution >= 0.6 is 11.3 Å². The molecule has 0 spiro atoms. The number of hydrogen-bond acceptors (Lipinski definition) is 8. The van der Waals surface area contributed by atoms with Gasteiger partial charge >= 0.3 is 0 Å². The van der Waals surface area contributed by atoms with Gasteiger partial charge in [-0.15, -0.1) is 11.3 Å². The van der Waals surface area contributed by atoms with Gasteiger partial charge in [0, 0.05) is 20.5 Å². The van der Waals surface area contributed by atoms with Gasteiger partial charge in [0.25, 0.3) is 0 Å². The molecule has 0 aromatic carbocycles. The highest BCUT2D eigenvalue weighted by Gasteiger charge is 2.34. The molecule has 130 valence electrons. The number of likely N-dealkylation sites (N-methyl/N-ethyl adjacent to an activating group) is 1. The van der Waals surface area contributed by atoms with Crippen molar-refractivity contribution >= 4 is 33.3 Å². The summed E-state index contributed by atoms with van der Waals surface area (Å²) in [5.41, 5.74) is 0. The minimum Gasteiger partial charge on any atom is -0.344 e. The molecule has 0 aliphatic carbocycles. The molecule has 1 fully saturated rings. The number of aromatic nitrogens is 4. The second-order valence-electron chi connectivity index (χ2n) is 6.11. The predicted octanol–water partition coefficient (Wildman–Crippen LogP) is 2.01. The van der Waals surface area contributed by atoms with Crippen LogP contribution < -0.4 is 4.90 Å². The van der Waals surface area contributed by atoms with E-state index in [-0.39, 0.29) is 11.9 Å². The smallest absolute Gasteiger partial charge is 0.245 e. The van der Waals surface area contributed by atoms with Gasteiger partial charge in [-0.1, -0.05) is 5.16 Å². The highest BCUT2D eigenvalue weighted by molar-refractivity contribution is 7.16. The van der Waals surface area contributed by atoms with E-state index in [2.05, 4.69) is 25.0 Å². The van der Waals surface area contributed by atoms with Crippen LogP contribution in [0.2, 0.25) is 0 Å². The Hall–Kier alpha value is -2.55. The maximum atomic E-state index is 13.0. The molecule has 25 heavy (non-hydrogen) atoms. The van der Waals surface area contributed by atoms with Crippen LogP contribution in [-0.2, 0) is 11.3 Å². The molecule has 3 aromatic heterocycles. The SMILES string of the molecule is Cc1nc(CN(C)C(=O)C2CCCN2c2ncnc3sccc23)no1. The van der Waals surface area contributed by atoms with Gasteiger partial charge in [0.15, 0.2) is 5.82 Å². The summed E-state index contributed by atoms with van der Waals surface area (Å²) in [5, 5.41) is 6.87. The van der Waals surface area contributed by atoms with Crippen molar-refractivity contribution in [3.05, 3.63) is 29.5 Å². The molecule has 0 bridgehead atoms. The van der Waals surface area contributed by atoms with Crippen molar-refractivity contribution < 1.29 is 9.32 Å². The quantitative estimate of drug-likeness (QED) is 0.705. The number of rotatable bonds is 4. The van der Waals surface area contributed by atoms with Crippen LogP contribution in [0.1, 0.15) is 24.6 Å². The Bertz CT molecular complexity index is 907. The Morgan fingerprint density at radius 1 is 1.48 bits per heavy atom. The second kappa shape index (κ2) is 6.40. The minimum atomic E-state index is -0.226. The van der Waals surface area contributed by atoms with Gasteiger partial charge in [-0.05, 0) is 24.3 Å². The standard InChI is InChI=1S/C16H18N6O2S/c1-10-19-13(20-24-10)8-21(2)16(23)12-4-3-6-22(12)14-11-5-7-25-15(11)18-9-17-14/h5,7,9,12H,3-4,6,8H2,1-2H3. The number of thiophene rings is 1. The fourth-order valence-corrected chi connectivity index (χ4v) is 3.96. The number of carbonyl (C=O) groups excluding carboxylic acids is 1. The third-order valence-electron chi connectivity index (χ3n) is 4.38. The third-order valence-corrected chi connectivity index (χ3v) is 5.20. The van der Waals surface area contributed by atoms with Crippen molar-refractivity contribution in [2.75, 3.05) is 18.5 Å². The molecule has 1 amide bonds. The maximum Gasteiger partial charge on any atom is 0.245 e. The van der Waals surface area contributed by atoms with Gasteiger partial charge in [0.1, 0.15) is 23.0 Å². The van der Waals surface area contributed by atoms with E-state index < -0.39 is 0 Å². The molecule has 9 heteroatoms. The first-order valence-electron chi connectivity index (χ1n) is 8.12. The van der Waals surface area contributed by atoms with Crippen LogP contribution in [0.3, 0.4) is 0 Å². The Morgan fingerprint density at radius 3 is 3.16 bits per heavy atom. The summed E-state index contributed by atoms with van der Waals surface area (Å²) in [6, 6.07) is 1.79. The lowest BCUT2D eigenvalue weighted by Crippen LogP contribution is -2.44. The summed E-state index contributed by atoms with van der Waals surface area (Å²) in [4.78, 5) is 30.6. The van der Waals surface area contributed by atoms with E-state index in [4.69, 9.17) is 4.52 Å². The largest absolute Gasteiger partial charge is 0.344 e. The molecule has 4 heterocycles. The highest BCUT2D eigenvalue weighted by Crippen LogP contribution is 2.32. The molecule has 0 N–H and O–H groups in total. The average molecular weight is 358 g/mol. The van der Waals surface area contributed by atoms with E-state index in [0.717, 1.165) is 35.4 Å². The van der Waals surface area contributed by atoms with Gasteiger partial charge in [0.05, 0.1) is 11.9 Å². The lowest BCUT2D eigenvalue weighted by atomic mass is 10.2. The number of fused-ring (bicyclic) bond motifs is 1. The van der Waals surface area contributed by atoms with Crippen LogP contribution in [0.4, 0.5) is 5.82 Å². The van der Waals surface area contributed by atoms with E-state index in [1.54, 1.807) is 36.5 Å². The summed E-state index contributed by atoms with van der Waals surface area (Å²) in [5.74, 6) is 1.90. The predicted molar refractivity (Wildman–Crippen MR) is 93.3 cm³/mol. The van der Waals surface area contributed by atoms with Crippen LogP contribution in [-0.4, -0.2) is 50.5 Å². The summed E-state index contributed by atoms with van der Waals surface area (Å²) < 4.78 is 4.98. The van der Waals surface area contributed by atoms with E-state index in [1.807, 2.05) is 11.4 Å². The summed E-state index contributed by atoms with van der Waals surface area (Å²) in [6.07, 6.45) is 3.34. The van der Waals surface area contributed by atoms with Crippen LogP contribution in [0.5, 0.6) is 0 Å². The van der Waals surface area contributed by atoms with Crippen molar-refractivity contribution in [2.24, 2.45) is 0 Å². The fourth-order valence-electron chi connectivity index (χ4n) is 3.23. The Kier molecular flexibility index (Phi) is 4.08. The van der Waals surface area contributed by atoms with Gasteiger partial charge in [-0.3, -0.25) is 4.79 Å². The Labute approximate surface area is 148 Å². The average Bonchev–Trinajstić information content (AvgIpc) is 3.33. The van der Waals surface area contributed by atoms with Crippen molar-refractivity contribution in [1.29, 1.82) is 0 Å². The van der Waals surface area contributed by atoms with Crippen molar-refractivity contribution in [3.8, 4) is 0 Å². The van der Waals surface area contributed by atoms with Crippen LogP contribution in [0.25, 0.3) is 10.2 Å². The molecule has 1 aliphatic heterocycles. The maximum absolute atomic E-state index is 13.0. The summed E-state index contributed by atoms with van der Waals surface area (Å²) >= 11 is 1.58. The topological polar surface area (TPSA) is 88.3 Å². The number of anilines is 1. The molecule has 1 unspecified atom stereocenters. The summed E-state index contributed by atoms with van der Waals surface area (Å²) in [6.45, 7) is 2.88. The van der Waals surface area contributed by atoms with E-state index >= 15 is 0 Å². The van der Waals surface area contributed by atoms with Gasteiger partial charge in [0.2, 0.25) is 11.8 Å². The zero-order valence-electron chi connectivity index (χ0n) is 14.0. The molecule has 0 radical (unpaired) electrons. The van der Waals surface area contributed by atoms with Crippen LogP contribution in [0.15, 0.2) is 22.3 Å². The number of nitrogens with zero attached hydrogens (tertiary/aromatic N) is 6. The Balaban J connectivity index is 1.56. The van der Waals surface area contributed by atoms with E-state index in [9.17, 15) is 4.79 Å². The molecule has 1 aliphatic rings. The second-order valence-corrected chi connectivity index (χ2v) is 7.01. The molecule has 1 atom stereocenters. The van der Waals surface area contributed by atoms with E-state index in [0.29, 0.717) is 18.3 Å². The molecule has 8 nitrogen and oxygen atoms in total. The molecule has 0 saturated carbocycles. The first-order valence-corrected chi connectivity index (χ1v) is 9.00. The van der Waals surface area contributed by atoms with Gasteiger partial charge in [-0.25, -0.2) is 9.97 Å². The zero-order valence-corrected chi connectivity index (χ0v) is 14.9. The molecular weight excluding hydrogens is 340 g/mol. The number of amides is 1. The van der Waals surface area contributed by atoms with E-state index in [1.165, 1.54) is 0 Å². The first kappa shape index (κ1) is 15.9. The number of aryl methyl sites for hydroxylation is 1. The Morgan fingerprint density at radius 2 is 2.36 bits per heavy atom. The molecule has 4 rings (SSSR count).